The fourth-order valence-electron chi connectivity index (χ4n) is 2.40. The Morgan fingerprint density at radius 2 is 1.73 bits per heavy atom. The van der Waals surface area contributed by atoms with Crippen molar-refractivity contribution in [1.82, 2.24) is 10.2 Å². The van der Waals surface area contributed by atoms with Gasteiger partial charge in [0, 0.05) is 7.05 Å². The number of carbonyl (C=O) groups is 2. The number of aliphatic carboxylic acids is 1. The number of nitrogens with zero attached hydrogens (tertiary/aromatic N) is 1. The lowest BCUT2D eigenvalue weighted by Crippen LogP contribution is -2.51. The smallest absolute Gasteiger partial charge is 0.545 e. The van der Waals surface area contributed by atoms with Crippen molar-refractivity contribution >= 4 is 24.3 Å². The Bertz CT molecular complexity index is 401. The van der Waals surface area contributed by atoms with Gasteiger partial charge in [-0.1, -0.05) is 40.7 Å². The lowest BCUT2D eigenvalue weighted by atomic mass is 9.96. The molecule has 5 nitrogen and oxygen atoms in total. The Balaban J connectivity index is -0.00000200. The molecule has 0 aromatic rings. The molecule has 0 aromatic heterocycles. The van der Waals surface area contributed by atoms with Crippen molar-refractivity contribution in [1.29, 1.82) is 0 Å². The molecule has 0 rings (SSSR count). The fraction of sp³-hybridized carbons (Fsp3) is 0.750. The van der Waals surface area contributed by atoms with Gasteiger partial charge in [0.1, 0.15) is 0 Å². The highest BCUT2D eigenvalue weighted by atomic mass is 35.5. The summed E-state index contributed by atoms with van der Waals surface area (Å²) in [6, 6.07) is -0.544. The van der Waals surface area contributed by atoms with Gasteiger partial charge in [-0.3, -0.25) is 4.79 Å². The number of hydrogen-bond donors (Lipinski definition) is 1. The van der Waals surface area contributed by atoms with E-state index in [1.807, 2.05) is 27.7 Å². The van der Waals surface area contributed by atoms with Crippen molar-refractivity contribution in [2.24, 2.45) is 11.8 Å². The Morgan fingerprint density at radius 1 is 1.23 bits per heavy atom. The lowest BCUT2D eigenvalue weighted by Gasteiger charge is -2.33. The molecule has 0 bridgehead atoms. The van der Waals surface area contributed by atoms with Crippen LogP contribution in [0.5, 0.6) is 0 Å². The summed E-state index contributed by atoms with van der Waals surface area (Å²) in [4.78, 5) is 25.3. The molecule has 0 aliphatic carbocycles. The third-order valence-electron chi connectivity index (χ3n) is 3.74. The van der Waals surface area contributed by atoms with Crippen LogP contribution in [0, 0.1) is 11.8 Å². The molecule has 130 valence electrons. The molecule has 1 N–H and O–H groups in total. The van der Waals surface area contributed by atoms with Gasteiger partial charge in [0.2, 0.25) is 5.91 Å². The average Bonchev–Trinajstić information content (AvgIpc) is 2.38. The fourth-order valence-corrected chi connectivity index (χ4v) is 2.40. The van der Waals surface area contributed by atoms with Crippen molar-refractivity contribution in [3.8, 4) is 0 Å². The maximum absolute atomic E-state index is 12.6. The molecule has 0 aliphatic rings. The molecule has 0 aromatic carbocycles. The van der Waals surface area contributed by atoms with Crippen LogP contribution in [0.15, 0.2) is 11.6 Å². The highest BCUT2D eigenvalue weighted by Crippen LogP contribution is 2.17. The number of hydrogen-bond acceptors (Lipinski definition) is 4. The van der Waals surface area contributed by atoms with E-state index < -0.39 is 5.97 Å². The number of nitrogens with one attached hydrogen (secondary N) is 1. The Hall–Kier alpha value is -1.07. The molecule has 0 fully saturated rings. The topological polar surface area (TPSA) is 72.5 Å². The molecule has 0 heterocycles. The molecule has 0 saturated heterocycles. The van der Waals surface area contributed by atoms with Gasteiger partial charge in [0.15, 0.2) is 0 Å². The standard InChI is InChI=1S/C16H30N2O3.ClH/c1-8-12(16(20)21)9-13(10(2)3)18(7)15(19)14(17-6)11(4)5;/h9-11,13-14,17H,8H2,1-7H3,(H,20,21);1H/b12-9+;/t13-,14+;/m1./s1. The van der Waals surface area contributed by atoms with Gasteiger partial charge in [-0.25, -0.2) is 0 Å². The highest BCUT2D eigenvalue weighted by molar-refractivity contribution is 5.86. The summed E-state index contributed by atoms with van der Waals surface area (Å²) in [5.74, 6) is -0.924. The van der Waals surface area contributed by atoms with Gasteiger partial charge in [-0.2, -0.15) is 0 Å². The zero-order chi connectivity index (χ0) is 16.7. The summed E-state index contributed by atoms with van der Waals surface area (Å²) in [7, 11) is 3.48. The van der Waals surface area contributed by atoms with Crippen molar-refractivity contribution in [2.75, 3.05) is 14.1 Å². The van der Waals surface area contributed by atoms with Gasteiger partial charge >= 0.3 is 1.43 Å². The zero-order valence-electron chi connectivity index (χ0n) is 15.7. The van der Waals surface area contributed by atoms with Gasteiger partial charge < -0.3 is 20.1 Å². The molecular weight excluding hydrogens is 304 g/mol. The molecule has 0 unspecified atom stereocenters. The van der Waals surface area contributed by atoms with Crippen LogP contribution in [-0.4, -0.2) is 43.0 Å². The minimum absolute atomic E-state index is 0. The van der Waals surface area contributed by atoms with Crippen LogP contribution >= 0.6 is 12.4 Å². The van der Waals surface area contributed by atoms with E-state index >= 15 is 0 Å². The third kappa shape index (κ3) is 6.36. The maximum atomic E-state index is 12.6. The molecule has 0 radical (unpaired) electrons. The van der Waals surface area contributed by atoms with Crippen LogP contribution in [0.25, 0.3) is 0 Å². The largest absolute Gasteiger partial charge is 1.00 e. The Morgan fingerprint density at radius 3 is 2.00 bits per heavy atom. The number of halogens is 1. The van der Waals surface area contributed by atoms with Gasteiger partial charge in [-0.05, 0) is 30.9 Å². The van der Waals surface area contributed by atoms with E-state index in [4.69, 9.17) is 0 Å². The van der Waals surface area contributed by atoms with E-state index in [9.17, 15) is 14.7 Å². The van der Waals surface area contributed by atoms with Gasteiger partial charge in [0.25, 0.3) is 0 Å². The minimum atomic E-state index is -1.17. The molecular formula is C16H31ClN2O3. The van der Waals surface area contributed by atoms with E-state index in [1.54, 1.807) is 32.0 Å². The van der Waals surface area contributed by atoms with E-state index in [1.165, 1.54) is 0 Å². The van der Waals surface area contributed by atoms with Crippen molar-refractivity contribution < 1.29 is 16.1 Å². The average molecular weight is 335 g/mol. The predicted octanol–water partition coefficient (Wildman–Crippen LogP) is 1.33. The molecule has 0 saturated carbocycles. The highest BCUT2D eigenvalue weighted by Gasteiger charge is 2.28. The summed E-state index contributed by atoms with van der Waals surface area (Å²) in [6.45, 7) is 9.66. The third-order valence-corrected chi connectivity index (χ3v) is 3.74. The second-order valence-corrected chi connectivity index (χ2v) is 6.03. The molecule has 22 heavy (non-hydrogen) atoms. The summed E-state index contributed by atoms with van der Waals surface area (Å²) in [5, 5.41) is 14.1. The number of carboxylic acid groups (broad SMARTS) is 1. The van der Waals surface area contributed by atoms with E-state index in [2.05, 4.69) is 5.32 Å². The second kappa shape index (κ2) is 10.6. The van der Waals surface area contributed by atoms with Crippen LogP contribution in [0.3, 0.4) is 0 Å². The Kier molecular flexibility index (Phi) is 11.2. The van der Waals surface area contributed by atoms with Crippen molar-refractivity contribution in [3.63, 3.8) is 0 Å². The molecule has 6 heteroatoms. The first kappa shape index (κ1) is 23.2. The maximum Gasteiger partial charge on any atom is 1.00 e. The van der Waals surface area contributed by atoms with E-state index in [-0.39, 0.29) is 49.2 Å². The van der Waals surface area contributed by atoms with Crippen LogP contribution in [0.2, 0.25) is 0 Å². The van der Waals surface area contributed by atoms with Crippen molar-refractivity contribution in [2.45, 2.75) is 53.1 Å². The molecule has 0 spiro atoms. The summed E-state index contributed by atoms with van der Waals surface area (Å²) in [6.07, 6.45) is 2.03. The van der Waals surface area contributed by atoms with Crippen LogP contribution in [0.4, 0.5) is 0 Å². The SMILES string of the molecule is CC/C(=C\[C@H](C(C)C)N(C)C(=O)[C@@H](NC)C(C)C)C(=O)[O-].Cl.[H+]. The summed E-state index contributed by atoms with van der Waals surface area (Å²) < 4.78 is 0. The summed E-state index contributed by atoms with van der Waals surface area (Å²) in [5.41, 5.74) is 0.235. The van der Waals surface area contributed by atoms with Crippen LogP contribution in [0.1, 0.15) is 42.5 Å². The first-order valence-electron chi connectivity index (χ1n) is 7.53. The monoisotopic (exact) mass is 334 g/mol. The first-order chi connectivity index (χ1) is 9.67. The second-order valence-electron chi connectivity index (χ2n) is 6.03. The lowest BCUT2D eigenvalue weighted by molar-refractivity contribution is -0.299. The summed E-state index contributed by atoms with van der Waals surface area (Å²) >= 11 is 0. The van der Waals surface area contributed by atoms with E-state index in [0.717, 1.165) is 0 Å². The number of amides is 1. The predicted molar refractivity (Wildman–Crippen MR) is 90.8 cm³/mol. The van der Waals surface area contributed by atoms with Gasteiger partial charge in [0.05, 0.1) is 18.1 Å². The number of likely N-dealkylation sites (N-methyl/N-ethyl adjacent to an activating group) is 2. The molecule has 1 amide bonds. The van der Waals surface area contributed by atoms with E-state index in [0.29, 0.717) is 6.42 Å². The quantitative estimate of drug-likeness (QED) is 0.680. The van der Waals surface area contributed by atoms with Crippen LogP contribution < -0.4 is 10.4 Å². The normalized spacial score (nSPS) is 14.5. The number of carbonyl (C=O) groups excluding carboxylic acids is 2. The minimum Gasteiger partial charge on any atom is -0.545 e. The number of rotatable bonds is 8. The first-order valence-corrected chi connectivity index (χ1v) is 7.53. The molecule has 0 aliphatic heterocycles. The Labute approximate surface area is 142 Å². The van der Waals surface area contributed by atoms with Crippen molar-refractivity contribution in [3.05, 3.63) is 11.6 Å². The van der Waals surface area contributed by atoms with Crippen LogP contribution in [-0.2, 0) is 9.59 Å². The number of carboxylic acids is 1. The molecule has 2 atom stereocenters. The zero-order valence-corrected chi connectivity index (χ0v) is 15.5. The van der Waals surface area contributed by atoms with Gasteiger partial charge in [-0.15, -0.1) is 12.4 Å².